The molecule has 0 heterocycles. The number of hydrogen-bond acceptors (Lipinski definition) is 3. The van der Waals surface area contributed by atoms with Crippen LogP contribution in [0.2, 0.25) is 0 Å². The number of rotatable bonds is 8. The molecule has 0 bridgehead atoms. The molecule has 25 heavy (non-hydrogen) atoms. The first-order chi connectivity index (χ1) is 11.7. The quantitative estimate of drug-likeness (QED) is 0.749. The maximum atomic E-state index is 12.9. The molecule has 0 aliphatic heterocycles. The van der Waals surface area contributed by atoms with Crippen LogP contribution < -0.4 is 15.4 Å². The van der Waals surface area contributed by atoms with Crippen molar-refractivity contribution in [1.82, 2.24) is 5.32 Å². The summed E-state index contributed by atoms with van der Waals surface area (Å²) in [4.78, 5) is 11.9. The zero-order chi connectivity index (χ0) is 16.8. The van der Waals surface area contributed by atoms with Gasteiger partial charge in [-0.25, -0.2) is 4.39 Å². The van der Waals surface area contributed by atoms with Crippen LogP contribution in [-0.2, 0) is 11.4 Å². The van der Waals surface area contributed by atoms with Gasteiger partial charge in [-0.15, -0.1) is 12.4 Å². The summed E-state index contributed by atoms with van der Waals surface area (Å²) in [5.74, 6) is 1.08. The summed E-state index contributed by atoms with van der Waals surface area (Å²) in [6, 6.07) is 13.4. The molecule has 0 spiro atoms. The second-order valence-corrected chi connectivity index (χ2v) is 6.07. The third-order valence-electron chi connectivity index (χ3n) is 3.85. The first-order valence-electron chi connectivity index (χ1n) is 8.17. The number of anilines is 1. The molecular formula is C19H22ClFN2O2. The Bertz CT molecular complexity index is 690. The molecule has 1 aliphatic rings. The molecule has 1 fully saturated rings. The van der Waals surface area contributed by atoms with E-state index in [0.717, 1.165) is 18.0 Å². The summed E-state index contributed by atoms with van der Waals surface area (Å²) >= 11 is 0. The van der Waals surface area contributed by atoms with E-state index in [1.54, 1.807) is 18.2 Å². The molecule has 0 atom stereocenters. The van der Waals surface area contributed by atoms with Crippen molar-refractivity contribution < 1.29 is 13.9 Å². The third kappa shape index (κ3) is 6.72. The zero-order valence-corrected chi connectivity index (χ0v) is 14.7. The van der Waals surface area contributed by atoms with Crippen LogP contribution in [-0.4, -0.2) is 19.0 Å². The smallest absolute Gasteiger partial charge is 0.238 e. The Kier molecular flexibility index (Phi) is 7.22. The number of amides is 1. The molecule has 1 aliphatic carbocycles. The van der Waals surface area contributed by atoms with Crippen LogP contribution in [0.25, 0.3) is 0 Å². The Labute approximate surface area is 153 Å². The fourth-order valence-corrected chi connectivity index (χ4v) is 2.33. The summed E-state index contributed by atoms with van der Waals surface area (Å²) in [6.07, 6.45) is 2.53. The number of hydrogen-bond donors (Lipinski definition) is 2. The highest BCUT2D eigenvalue weighted by Gasteiger charge is 2.20. The van der Waals surface area contributed by atoms with Crippen LogP contribution >= 0.6 is 12.4 Å². The molecule has 2 N–H and O–H groups in total. The van der Waals surface area contributed by atoms with Gasteiger partial charge < -0.3 is 15.4 Å². The van der Waals surface area contributed by atoms with Gasteiger partial charge in [-0.2, -0.15) is 0 Å². The first kappa shape index (κ1) is 19.2. The Morgan fingerprint density at radius 2 is 1.92 bits per heavy atom. The molecule has 0 saturated heterocycles. The topological polar surface area (TPSA) is 50.4 Å². The Morgan fingerprint density at radius 3 is 2.64 bits per heavy atom. The van der Waals surface area contributed by atoms with Crippen LogP contribution in [0.15, 0.2) is 48.5 Å². The number of halogens is 2. The van der Waals surface area contributed by atoms with Gasteiger partial charge in [-0.05, 0) is 55.1 Å². The highest BCUT2D eigenvalue weighted by atomic mass is 35.5. The summed E-state index contributed by atoms with van der Waals surface area (Å²) in [7, 11) is 0. The van der Waals surface area contributed by atoms with E-state index in [2.05, 4.69) is 10.6 Å². The molecule has 1 amide bonds. The Hall–Kier alpha value is -2.11. The van der Waals surface area contributed by atoms with E-state index < -0.39 is 0 Å². The largest absolute Gasteiger partial charge is 0.489 e. The molecular weight excluding hydrogens is 343 g/mol. The molecule has 0 radical (unpaired) electrons. The zero-order valence-electron chi connectivity index (χ0n) is 13.8. The number of nitrogens with one attached hydrogen (secondary N) is 2. The highest BCUT2D eigenvalue weighted by molar-refractivity contribution is 5.92. The van der Waals surface area contributed by atoms with Crippen molar-refractivity contribution in [2.75, 3.05) is 18.4 Å². The first-order valence-corrected chi connectivity index (χ1v) is 8.17. The van der Waals surface area contributed by atoms with Gasteiger partial charge in [0.15, 0.2) is 0 Å². The van der Waals surface area contributed by atoms with Gasteiger partial charge in [0, 0.05) is 11.8 Å². The molecule has 134 valence electrons. The summed E-state index contributed by atoms with van der Waals surface area (Å²) < 4.78 is 18.6. The second kappa shape index (κ2) is 9.39. The summed E-state index contributed by atoms with van der Waals surface area (Å²) in [5.41, 5.74) is 1.58. The lowest BCUT2D eigenvalue weighted by molar-refractivity contribution is -0.115. The average molecular weight is 365 g/mol. The summed E-state index contributed by atoms with van der Waals surface area (Å²) in [6.45, 7) is 1.58. The van der Waals surface area contributed by atoms with E-state index in [4.69, 9.17) is 4.74 Å². The van der Waals surface area contributed by atoms with Gasteiger partial charge >= 0.3 is 0 Å². The van der Waals surface area contributed by atoms with E-state index in [9.17, 15) is 9.18 Å². The van der Waals surface area contributed by atoms with Gasteiger partial charge in [0.2, 0.25) is 5.91 Å². The van der Waals surface area contributed by atoms with Gasteiger partial charge in [0.1, 0.15) is 18.2 Å². The van der Waals surface area contributed by atoms with Gasteiger partial charge in [-0.3, -0.25) is 4.79 Å². The lowest BCUT2D eigenvalue weighted by Gasteiger charge is -2.10. The lowest BCUT2D eigenvalue weighted by atomic mass is 10.2. The second-order valence-electron chi connectivity index (χ2n) is 6.07. The minimum Gasteiger partial charge on any atom is -0.489 e. The number of carbonyl (C=O) groups excluding carboxylic acids is 1. The molecule has 2 aromatic carbocycles. The minimum atomic E-state index is -0.265. The van der Waals surface area contributed by atoms with Crippen LogP contribution in [0.4, 0.5) is 10.1 Å². The van der Waals surface area contributed by atoms with Crippen LogP contribution in [0, 0.1) is 11.7 Å². The Balaban J connectivity index is 0.00000225. The van der Waals surface area contributed by atoms with Crippen LogP contribution in [0.5, 0.6) is 5.75 Å². The highest BCUT2D eigenvalue weighted by Crippen LogP contribution is 2.27. The fraction of sp³-hybridized carbons (Fsp3) is 0.316. The van der Waals surface area contributed by atoms with E-state index in [-0.39, 0.29) is 24.1 Å². The van der Waals surface area contributed by atoms with Gasteiger partial charge in [-0.1, -0.05) is 18.2 Å². The minimum absolute atomic E-state index is 0. The normalized spacial score (nSPS) is 13.0. The SMILES string of the molecule is Cl.O=C(CNCC1CC1)Nc1cccc(OCc2ccc(F)cc2)c1. The molecule has 1 saturated carbocycles. The van der Waals surface area contributed by atoms with Crippen molar-refractivity contribution in [1.29, 1.82) is 0 Å². The third-order valence-corrected chi connectivity index (χ3v) is 3.85. The van der Waals surface area contributed by atoms with Crippen molar-refractivity contribution in [2.45, 2.75) is 19.4 Å². The number of carbonyl (C=O) groups is 1. The van der Waals surface area contributed by atoms with E-state index in [0.29, 0.717) is 24.6 Å². The monoisotopic (exact) mass is 364 g/mol. The maximum absolute atomic E-state index is 12.9. The summed E-state index contributed by atoms with van der Waals surface area (Å²) in [5, 5.41) is 6.01. The molecule has 2 aromatic rings. The van der Waals surface area contributed by atoms with E-state index >= 15 is 0 Å². The van der Waals surface area contributed by atoms with E-state index in [1.807, 2.05) is 18.2 Å². The van der Waals surface area contributed by atoms with Gasteiger partial charge in [0.25, 0.3) is 0 Å². The molecule has 0 unspecified atom stereocenters. The molecule has 6 heteroatoms. The van der Waals surface area contributed by atoms with Crippen molar-refractivity contribution in [2.24, 2.45) is 5.92 Å². The lowest BCUT2D eigenvalue weighted by Crippen LogP contribution is -2.29. The van der Waals surface area contributed by atoms with Gasteiger partial charge in [0.05, 0.1) is 6.54 Å². The average Bonchev–Trinajstić information content (AvgIpc) is 3.39. The molecule has 3 rings (SSSR count). The van der Waals surface area contributed by atoms with E-state index in [1.165, 1.54) is 25.0 Å². The van der Waals surface area contributed by atoms with Crippen molar-refractivity contribution in [3.8, 4) is 5.75 Å². The number of benzene rings is 2. The van der Waals surface area contributed by atoms with Crippen LogP contribution in [0.1, 0.15) is 18.4 Å². The number of ether oxygens (including phenoxy) is 1. The van der Waals surface area contributed by atoms with Crippen molar-refractivity contribution in [3.63, 3.8) is 0 Å². The van der Waals surface area contributed by atoms with Crippen LogP contribution in [0.3, 0.4) is 0 Å². The van der Waals surface area contributed by atoms with Crippen molar-refractivity contribution >= 4 is 24.0 Å². The Morgan fingerprint density at radius 1 is 1.16 bits per heavy atom. The van der Waals surface area contributed by atoms with Crippen molar-refractivity contribution in [3.05, 3.63) is 59.9 Å². The predicted octanol–water partition coefficient (Wildman–Crippen LogP) is 3.76. The standard InChI is InChI=1S/C19H21FN2O2.ClH/c20-16-8-6-15(7-9-16)13-24-18-3-1-2-17(10-18)22-19(23)12-21-11-14-4-5-14;/h1-3,6-10,14,21H,4-5,11-13H2,(H,22,23);1H. The fourth-order valence-electron chi connectivity index (χ4n) is 2.33. The maximum Gasteiger partial charge on any atom is 0.238 e. The predicted molar refractivity (Wildman–Crippen MR) is 98.6 cm³/mol. The molecule has 0 aromatic heterocycles. The molecule has 4 nitrogen and oxygen atoms in total.